The number of amides is 1. The molecule has 126 valence electrons. The van der Waals surface area contributed by atoms with Crippen molar-refractivity contribution in [3.05, 3.63) is 53.7 Å². The van der Waals surface area contributed by atoms with E-state index in [9.17, 15) is 9.59 Å². The van der Waals surface area contributed by atoms with E-state index in [2.05, 4.69) is 4.98 Å². The maximum atomic E-state index is 12.8. The molecule has 1 saturated heterocycles. The fraction of sp³-hybridized carbons (Fsp3) is 0.389. The van der Waals surface area contributed by atoms with Gasteiger partial charge >= 0.3 is 0 Å². The van der Waals surface area contributed by atoms with Crippen LogP contribution in [0.1, 0.15) is 40.0 Å². The van der Waals surface area contributed by atoms with Gasteiger partial charge in [-0.3, -0.25) is 9.59 Å². The van der Waals surface area contributed by atoms with Crippen LogP contribution in [0.2, 0.25) is 0 Å². The molecule has 6 nitrogen and oxygen atoms in total. The normalized spacial score (nSPS) is 17.7. The van der Waals surface area contributed by atoms with Gasteiger partial charge in [-0.25, -0.2) is 4.98 Å². The Balaban J connectivity index is 1.76. The molecule has 1 aromatic carbocycles. The van der Waals surface area contributed by atoms with Gasteiger partial charge in [0.1, 0.15) is 5.76 Å². The second kappa shape index (κ2) is 7.40. The van der Waals surface area contributed by atoms with Crippen molar-refractivity contribution in [2.24, 2.45) is 0 Å². The number of aromatic nitrogens is 1. The van der Waals surface area contributed by atoms with Crippen LogP contribution < -0.4 is 0 Å². The van der Waals surface area contributed by atoms with Crippen molar-refractivity contribution in [1.82, 2.24) is 9.88 Å². The number of ether oxygens (including phenoxy) is 1. The predicted octanol–water partition coefficient (Wildman–Crippen LogP) is 2.35. The van der Waals surface area contributed by atoms with Crippen LogP contribution in [0.15, 0.2) is 41.1 Å². The summed E-state index contributed by atoms with van der Waals surface area (Å²) in [7, 11) is 0. The van der Waals surface area contributed by atoms with E-state index in [0.29, 0.717) is 43.2 Å². The zero-order chi connectivity index (χ0) is 16.9. The summed E-state index contributed by atoms with van der Waals surface area (Å²) in [5, 5.41) is 0. The molecule has 3 rings (SSSR count). The average molecular weight is 328 g/mol. The molecule has 0 bridgehead atoms. The fourth-order valence-electron chi connectivity index (χ4n) is 2.88. The Labute approximate surface area is 140 Å². The third-order valence-electron chi connectivity index (χ3n) is 4.17. The molecule has 1 atom stereocenters. The fourth-order valence-corrected chi connectivity index (χ4v) is 2.88. The number of aryl methyl sites for hydroxylation is 1. The molecule has 1 fully saturated rings. The van der Waals surface area contributed by atoms with Crippen LogP contribution in [0.3, 0.4) is 0 Å². The van der Waals surface area contributed by atoms with Gasteiger partial charge in [0.15, 0.2) is 17.9 Å². The van der Waals surface area contributed by atoms with Gasteiger partial charge in [0.25, 0.3) is 5.91 Å². The molecule has 1 amide bonds. The number of carbonyl (C=O) groups is 2. The summed E-state index contributed by atoms with van der Waals surface area (Å²) in [5.74, 6) is 0.370. The van der Waals surface area contributed by atoms with Crippen molar-refractivity contribution in [1.29, 1.82) is 0 Å². The van der Waals surface area contributed by atoms with E-state index in [1.165, 1.54) is 6.39 Å². The summed E-state index contributed by atoms with van der Waals surface area (Å²) in [6.45, 7) is 3.17. The van der Waals surface area contributed by atoms with Gasteiger partial charge in [0.05, 0.1) is 19.3 Å². The van der Waals surface area contributed by atoms with Gasteiger partial charge in [-0.1, -0.05) is 37.3 Å². The molecule has 0 radical (unpaired) electrons. The lowest BCUT2D eigenvalue weighted by Gasteiger charge is -2.35. The Morgan fingerprint density at radius 3 is 2.83 bits per heavy atom. The minimum atomic E-state index is -0.291. The first kappa shape index (κ1) is 16.4. The molecule has 1 aromatic heterocycles. The van der Waals surface area contributed by atoms with Crippen molar-refractivity contribution >= 4 is 11.7 Å². The molecule has 0 spiro atoms. The maximum absolute atomic E-state index is 12.8. The van der Waals surface area contributed by atoms with Gasteiger partial charge < -0.3 is 14.1 Å². The minimum absolute atomic E-state index is 0.000215. The molecule has 0 N–H and O–H groups in total. The van der Waals surface area contributed by atoms with E-state index in [-0.39, 0.29) is 24.2 Å². The number of rotatable bonds is 5. The molecular formula is C18H20N2O4. The Hall–Kier alpha value is -2.47. The van der Waals surface area contributed by atoms with Gasteiger partial charge in [-0.05, 0) is 0 Å². The standard InChI is InChI=1S/C18H20N2O4/c1-2-16-17(19-12-24-16)18(22)20-8-9-23-11-14(20)10-15(21)13-6-4-3-5-7-13/h3-7,12,14H,2,8-11H2,1H3/t14-/m0/s1. The number of nitrogens with zero attached hydrogens (tertiary/aromatic N) is 2. The van der Waals surface area contributed by atoms with E-state index < -0.39 is 0 Å². The molecule has 6 heteroatoms. The molecule has 1 aliphatic rings. The summed E-state index contributed by atoms with van der Waals surface area (Å²) in [6.07, 6.45) is 2.12. The monoisotopic (exact) mass is 328 g/mol. The highest BCUT2D eigenvalue weighted by molar-refractivity contribution is 5.97. The smallest absolute Gasteiger partial charge is 0.276 e. The first-order valence-corrected chi connectivity index (χ1v) is 8.10. The summed E-state index contributed by atoms with van der Waals surface area (Å²) in [5.41, 5.74) is 0.975. The Kier molecular flexibility index (Phi) is 5.05. The molecule has 0 unspecified atom stereocenters. The molecule has 0 aliphatic carbocycles. The first-order valence-electron chi connectivity index (χ1n) is 8.10. The number of carbonyl (C=O) groups excluding carboxylic acids is 2. The van der Waals surface area contributed by atoms with Crippen molar-refractivity contribution in [2.75, 3.05) is 19.8 Å². The molecule has 2 heterocycles. The van der Waals surface area contributed by atoms with Crippen molar-refractivity contribution in [3.63, 3.8) is 0 Å². The van der Waals surface area contributed by atoms with E-state index in [1.54, 1.807) is 17.0 Å². The van der Waals surface area contributed by atoms with Crippen LogP contribution in [0.25, 0.3) is 0 Å². The molecule has 24 heavy (non-hydrogen) atoms. The van der Waals surface area contributed by atoms with Crippen LogP contribution >= 0.6 is 0 Å². The van der Waals surface area contributed by atoms with Gasteiger partial charge in [0, 0.05) is 24.9 Å². The first-order chi connectivity index (χ1) is 11.7. The average Bonchev–Trinajstić information content (AvgIpc) is 3.11. The minimum Gasteiger partial charge on any atom is -0.448 e. The molecule has 0 saturated carbocycles. The maximum Gasteiger partial charge on any atom is 0.276 e. The largest absolute Gasteiger partial charge is 0.448 e. The van der Waals surface area contributed by atoms with E-state index in [0.717, 1.165) is 0 Å². The van der Waals surface area contributed by atoms with E-state index >= 15 is 0 Å². The Morgan fingerprint density at radius 2 is 2.08 bits per heavy atom. The Morgan fingerprint density at radius 1 is 1.29 bits per heavy atom. The van der Waals surface area contributed by atoms with Gasteiger partial charge in [0.2, 0.25) is 0 Å². The quantitative estimate of drug-likeness (QED) is 0.788. The highest BCUT2D eigenvalue weighted by Crippen LogP contribution is 2.19. The van der Waals surface area contributed by atoms with Crippen LogP contribution in [0.4, 0.5) is 0 Å². The summed E-state index contributed by atoms with van der Waals surface area (Å²) in [6, 6.07) is 8.80. The second-order valence-corrected chi connectivity index (χ2v) is 5.70. The summed E-state index contributed by atoms with van der Waals surface area (Å²) < 4.78 is 10.7. The van der Waals surface area contributed by atoms with Gasteiger partial charge in [-0.2, -0.15) is 0 Å². The third kappa shape index (κ3) is 3.38. The van der Waals surface area contributed by atoms with E-state index in [1.807, 2.05) is 25.1 Å². The molecular weight excluding hydrogens is 308 g/mol. The summed E-state index contributed by atoms with van der Waals surface area (Å²) in [4.78, 5) is 31.0. The number of Topliss-reactive ketones (excluding diaryl/α,β-unsaturated/α-hetero) is 1. The van der Waals surface area contributed by atoms with Gasteiger partial charge in [-0.15, -0.1) is 0 Å². The van der Waals surface area contributed by atoms with Crippen molar-refractivity contribution < 1.29 is 18.7 Å². The Bertz CT molecular complexity index is 711. The van der Waals surface area contributed by atoms with E-state index in [4.69, 9.17) is 9.15 Å². The molecule has 1 aliphatic heterocycles. The SMILES string of the molecule is CCc1ocnc1C(=O)N1CCOC[C@@H]1CC(=O)c1ccccc1. The van der Waals surface area contributed by atoms with Crippen LogP contribution in [0, 0.1) is 0 Å². The second-order valence-electron chi connectivity index (χ2n) is 5.70. The number of benzene rings is 1. The lowest BCUT2D eigenvalue weighted by atomic mass is 10.0. The highest BCUT2D eigenvalue weighted by atomic mass is 16.5. The third-order valence-corrected chi connectivity index (χ3v) is 4.17. The zero-order valence-corrected chi connectivity index (χ0v) is 13.6. The lowest BCUT2D eigenvalue weighted by molar-refractivity contribution is -0.00318. The van der Waals surface area contributed by atoms with Crippen LogP contribution in [-0.4, -0.2) is 47.4 Å². The number of hydrogen-bond donors (Lipinski definition) is 0. The van der Waals surface area contributed by atoms with Crippen LogP contribution in [0.5, 0.6) is 0 Å². The van der Waals surface area contributed by atoms with Crippen LogP contribution in [-0.2, 0) is 11.2 Å². The zero-order valence-electron chi connectivity index (χ0n) is 13.6. The topological polar surface area (TPSA) is 72.6 Å². The number of hydrogen-bond acceptors (Lipinski definition) is 5. The number of oxazole rings is 1. The predicted molar refractivity (Wildman–Crippen MR) is 86.9 cm³/mol. The van der Waals surface area contributed by atoms with Crippen molar-refractivity contribution in [2.45, 2.75) is 25.8 Å². The van der Waals surface area contributed by atoms with Crippen molar-refractivity contribution in [3.8, 4) is 0 Å². The lowest BCUT2D eigenvalue weighted by Crippen LogP contribution is -2.49. The number of ketones is 1. The molecule has 2 aromatic rings. The summed E-state index contributed by atoms with van der Waals surface area (Å²) >= 11 is 0. The highest BCUT2D eigenvalue weighted by Gasteiger charge is 2.32. The number of morpholine rings is 1.